The number of H-pyrrole nitrogens is 1. The first-order valence-corrected chi connectivity index (χ1v) is 5.71. The van der Waals surface area contributed by atoms with Gasteiger partial charge in [0.1, 0.15) is 12.2 Å². The van der Waals surface area contributed by atoms with Gasteiger partial charge in [-0.3, -0.25) is 5.10 Å². The van der Waals surface area contributed by atoms with E-state index in [9.17, 15) is 13.2 Å². The fourth-order valence-electron chi connectivity index (χ4n) is 1.33. The predicted octanol–water partition coefficient (Wildman–Crippen LogP) is 3.20. The predicted molar refractivity (Wildman–Crippen MR) is 62.9 cm³/mol. The molecule has 1 heterocycles. The Morgan fingerprint density at radius 2 is 2.11 bits per heavy atom. The Labute approximate surface area is 109 Å². The van der Waals surface area contributed by atoms with Crippen molar-refractivity contribution >= 4 is 21.6 Å². The number of anilines is 1. The number of nitrogens with one attached hydrogen (secondary N) is 2. The molecule has 0 radical (unpaired) electrons. The highest BCUT2D eigenvalue weighted by Gasteiger charge is 2.30. The SMILES string of the molecule is FC(F)(F)c1ccc(NCc2ncn[nH]2)c(Br)c1. The van der Waals surface area contributed by atoms with Crippen LogP contribution in [-0.2, 0) is 12.7 Å². The molecule has 0 bridgehead atoms. The van der Waals surface area contributed by atoms with Crippen LogP contribution >= 0.6 is 15.9 Å². The average molecular weight is 321 g/mol. The molecule has 1 aromatic carbocycles. The lowest BCUT2D eigenvalue weighted by atomic mass is 10.2. The summed E-state index contributed by atoms with van der Waals surface area (Å²) in [6.45, 7) is 0.351. The summed E-state index contributed by atoms with van der Waals surface area (Å²) in [6.07, 6.45) is -2.98. The summed E-state index contributed by atoms with van der Waals surface area (Å²) < 4.78 is 37.7. The standard InChI is InChI=1S/C10H8BrF3N4/c11-7-3-6(10(12,13)14)1-2-8(7)15-4-9-16-5-17-18-9/h1-3,5,15H,4H2,(H,16,17,18). The number of nitrogens with zero attached hydrogens (tertiary/aromatic N) is 2. The number of hydrogen-bond donors (Lipinski definition) is 2. The summed E-state index contributed by atoms with van der Waals surface area (Å²) in [4.78, 5) is 3.89. The van der Waals surface area contributed by atoms with Gasteiger partial charge in [-0.25, -0.2) is 4.98 Å². The van der Waals surface area contributed by atoms with E-state index < -0.39 is 11.7 Å². The van der Waals surface area contributed by atoms with Crippen molar-refractivity contribution in [1.82, 2.24) is 15.2 Å². The van der Waals surface area contributed by atoms with Crippen LogP contribution in [0.2, 0.25) is 0 Å². The first kappa shape index (κ1) is 12.9. The van der Waals surface area contributed by atoms with Crippen molar-refractivity contribution in [2.24, 2.45) is 0 Å². The van der Waals surface area contributed by atoms with E-state index in [4.69, 9.17) is 0 Å². The maximum Gasteiger partial charge on any atom is 0.416 e. The number of hydrogen-bond acceptors (Lipinski definition) is 3. The van der Waals surface area contributed by atoms with Crippen molar-refractivity contribution in [1.29, 1.82) is 0 Å². The first-order chi connectivity index (χ1) is 8.47. The Morgan fingerprint density at radius 1 is 1.33 bits per heavy atom. The molecule has 0 aliphatic carbocycles. The average Bonchev–Trinajstić information content (AvgIpc) is 2.79. The van der Waals surface area contributed by atoms with Crippen molar-refractivity contribution in [3.63, 3.8) is 0 Å². The van der Waals surface area contributed by atoms with Crippen molar-refractivity contribution < 1.29 is 13.2 Å². The molecule has 2 rings (SSSR count). The quantitative estimate of drug-likeness (QED) is 0.913. The molecule has 0 spiro atoms. The second-order valence-electron chi connectivity index (χ2n) is 3.48. The third-order valence-corrected chi connectivity index (χ3v) is 2.86. The number of aromatic nitrogens is 3. The van der Waals surface area contributed by atoms with Crippen molar-refractivity contribution in [2.75, 3.05) is 5.32 Å². The van der Waals surface area contributed by atoms with Crippen LogP contribution in [0.3, 0.4) is 0 Å². The molecular formula is C10H8BrF3N4. The molecule has 2 N–H and O–H groups in total. The molecular weight excluding hydrogens is 313 g/mol. The third-order valence-electron chi connectivity index (χ3n) is 2.21. The van der Waals surface area contributed by atoms with E-state index in [0.717, 1.165) is 12.1 Å². The fourth-order valence-corrected chi connectivity index (χ4v) is 1.85. The maximum absolute atomic E-state index is 12.4. The molecule has 96 valence electrons. The minimum atomic E-state index is -4.34. The zero-order chi connectivity index (χ0) is 13.2. The summed E-state index contributed by atoms with van der Waals surface area (Å²) in [5.41, 5.74) is -0.140. The van der Waals surface area contributed by atoms with Crippen molar-refractivity contribution in [3.8, 4) is 0 Å². The number of alkyl halides is 3. The lowest BCUT2D eigenvalue weighted by molar-refractivity contribution is -0.137. The van der Waals surface area contributed by atoms with Crippen LogP contribution < -0.4 is 5.32 Å². The normalized spacial score (nSPS) is 11.6. The Morgan fingerprint density at radius 3 is 2.67 bits per heavy atom. The van der Waals surface area contributed by atoms with Gasteiger partial charge in [-0.2, -0.15) is 18.3 Å². The maximum atomic E-state index is 12.4. The van der Waals surface area contributed by atoms with E-state index in [0.29, 0.717) is 22.5 Å². The van der Waals surface area contributed by atoms with Crippen molar-refractivity contribution in [3.05, 3.63) is 40.4 Å². The topological polar surface area (TPSA) is 53.6 Å². The smallest absolute Gasteiger partial charge is 0.377 e. The molecule has 1 aromatic heterocycles. The largest absolute Gasteiger partial charge is 0.416 e. The van der Waals surface area contributed by atoms with Gasteiger partial charge in [0, 0.05) is 10.2 Å². The molecule has 0 atom stereocenters. The highest BCUT2D eigenvalue weighted by atomic mass is 79.9. The molecule has 4 nitrogen and oxygen atoms in total. The number of rotatable bonds is 3. The van der Waals surface area contributed by atoms with Gasteiger partial charge in [0.05, 0.1) is 12.1 Å². The summed E-state index contributed by atoms with van der Waals surface area (Å²) in [7, 11) is 0. The van der Waals surface area contributed by atoms with Gasteiger partial charge in [-0.05, 0) is 34.1 Å². The Kier molecular flexibility index (Phi) is 3.55. The summed E-state index contributed by atoms with van der Waals surface area (Å²) in [5.74, 6) is 0.599. The summed E-state index contributed by atoms with van der Waals surface area (Å²) >= 11 is 3.10. The zero-order valence-corrected chi connectivity index (χ0v) is 10.5. The number of halogens is 4. The molecule has 0 amide bonds. The number of aromatic amines is 1. The van der Waals surface area contributed by atoms with Crippen LogP contribution in [0.5, 0.6) is 0 Å². The lowest BCUT2D eigenvalue weighted by Gasteiger charge is -2.11. The molecule has 0 fully saturated rings. The second-order valence-corrected chi connectivity index (χ2v) is 4.33. The van der Waals surface area contributed by atoms with Crippen LogP contribution in [0.1, 0.15) is 11.4 Å². The molecule has 0 saturated heterocycles. The zero-order valence-electron chi connectivity index (χ0n) is 8.92. The third kappa shape index (κ3) is 3.00. The minimum absolute atomic E-state index is 0.344. The first-order valence-electron chi connectivity index (χ1n) is 4.91. The molecule has 0 aliphatic heterocycles. The molecule has 2 aromatic rings. The van der Waals surface area contributed by atoms with Gasteiger partial charge in [0.2, 0.25) is 0 Å². The van der Waals surface area contributed by atoms with Crippen LogP contribution in [0, 0.1) is 0 Å². The van der Waals surface area contributed by atoms with E-state index in [2.05, 4.69) is 36.4 Å². The van der Waals surface area contributed by atoms with Crippen molar-refractivity contribution in [2.45, 2.75) is 12.7 Å². The highest BCUT2D eigenvalue weighted by molar-refractivity contribution is 9.10. The second kappa shape index (κ2) is 4.97. The Bertz CT molecular complexity index is 524. The van der Waals surface area contributed by atoms with E-state index in [-0.39, 0.29) is 0 Å². The van der Waals surface area contributed by atoms with Crippen LogP contribution in [-0.4, -0.2) is 15.2 Å². The van der Waals surface area contributed by atoms with Gasteiger partial charge in [-0.15, -0.1) is 0 Å². The number of benzene rings is 1. The molecule has 0 aliphatic rings. The lowest BCUT2D eigenvalue weighted by Crippen LogP contribution is -2.06. The molecule has 0 unspecified atom stereocenters. The molecule has 18 heavy (non-hydrogen) atoms. The monoisotopic (exact) mass is 320 g/mol. The van der Waals surface area contributed by atoms with Gasteiger partial charge in [-0.1, -0.05) is 0 Å². The van der Waals surface area contributed by atoms with Gasteiger partial charge < -0.3 is 5.32 Å². The van der Waals surface area contributed by atoms with Gasteiger partial charge in [0.15, 0.2) is 0 Å². The van der Waals surface area contributed by atoms with Crippen LogP contribution in [0.4, 0.5) is 18.9 Å². The summed E-state index contributed by atoms with van der Waals surface area (Å²) in [5, 5.41) is 9.26. The van der Waals surface area contributed by atoms with Gasteiger partial charge in [0.25, 0.3) is 0 Å². The molecule has 8 heteroatoms. The fraction of sp³-hybridized carbons (Fsp3) is 0.200. The molecule has 0 saturated carbocycles. The van der Waals surface area contributed by atoms with E-state index in [1.807, 2.05) is 0 Å². The van der Waals surface area contributed by atoms with E-state index in [1.54, 1.807) is 0 Å². The van der Waals surface area contributed by atoms with E-state index in [1.165, 1.54) is 12.4 Å². The van der Waals surface area contributed by atoms with Gasteiger partial charge >= 0.3 is 6.18 Å². The van der Waals surface area contributed by atoms with Crippen LogP contribution in [0.25, 0.3) is 0 Å². The van der Waals surface area contributed by atoms with Crippen LogP contribution in [0.15, 0.2) is 29.0 Å². The van der Waals surface area contributed by atoms with E-state index >= 15 is 0 Å². The minimum Gasteiger partial charge on any atom is -0.377 e. The highest BCUT2D eigenvalue weighted by Crippen LogP contribution is 2.33. The Hall–Kier alpha value is -1.57. The summed E-state index contributed by atoms with van der Waals surface area (Å²) in [6, 6.07) is 3.42. The Balaban J connectivity index is 2.10.